The van der Waals surface area contributed by atoms with E-state index in [1.165, 1.54) is 53.1 Å². The van der Waals surface area contributed by atoms with Crippen LogP contribution in [-0.2, 0) is 35.7 Å². The number of hydrogen-bond donors (Lipinski definition) is 2. The molecule has 47 heavy (non-hydrogen) atoms. The zero-order valence-corrected chi connectivity index (χ0v) is 28.5. The Morgan fingerprint density at radius 1 is 1.00 bits per heavy atom. The Labute approximate surface area is 285 Å². The summed E-state index contributed by atoms with van der Waals surface area (Å²) in [5, 5.41) is 7.29. The number of sulfonamides is 1. The number of ether oxygens (including phenoxy) is 1. The van der Waals surface area contributed by atoms with Crippen molar-refractivity contribution in [2.24, 2.45) is 11.1 Å². The summed E-state index contributed by atoms with van der Waals surface area (Å²) in [6.07, 6.45) is 0. The third kappa shape index (κ3) is 6.30. The number of fused-ring (bicyclic) bond motifs is 2. The summed E-state index contributed by atoms with van der Waals surface area (Å²) in [5.74, 6) is -3.53. The summed E-state index contributed by atoms with van der Waals surface area (Å²) < 4.78 is 30.2. The SMILES string of the molecule is CCOC(=O)c1ccc(N2C(=O)[C@H]3[C@H](c4cccc(Br)c4)c4sc(=O)n(CC(=O)Nc5ccc(S(N)(=O)=O)cc5)c4S[C@H]3C2=O)cc1. The first-order chi connectivity index (χ1) is 22.4. The van der Waals surface area contributed by atoms with Gasteiger partial charge in [0.05, 0.1) is 33.7 Å². The van der Waals surface area contributed by atoms with Gasteiger partial charge >= 0.3 is 10.8 Å². The predicted molar refractivity (Wildman–Crippen MR) is 179 cm³/mol. The number of imide groups is 1. The Morgan fingerprint density at radius 2 is 1.70 bits per heavy atom. The van der Waals surface area contributed by atoms with Gasteiger partial charge in [0.25, 0.3) is 0 Å². The highest BCUT2D eigenvalue weighted by atomic mass is 79.9. The molecular weight excluding hydrogens is 732 g/mol. The van der Waals surface area contributed by atoms with E-state index in [0.29, 0.717) is 26.8 Å². The molecule has 1 saturated heterocycles. The normalized spacial score (nSPS) is 18.9. The van der Waals surface area contributed by atoms with E-state index in [0.717, 1.165) is 32.5 Å². The molecule has 3 heterocycles. The summed E-state index contributed by atoms with van der Waals surface area (Å²) >= 11 is 5.47. The van der Waals surface area contributed by atoms with Gasteiger partial charge in [0.15, 0.2) is 0 Å². The lowest BCUT2D eigenvalue weighted by Gasteiger charge is -2.30. The van der Waals surface area contributed by atoms with Crippen molar-refractivity contribution in [3.05, 3.63) is 103 Å². The van der Waals surface area contributed by atoms with E-state index in [2.05, 4.69) is 21.2 Å². The highest BCUT2D eigenvalue weighted by molar-refractivity contribution is 9.10. The van der Waals surface area contributed by atoms with Gasteiger partial charge in [-0.1, -0.05) is 51.2 Å². The fraction of sp³-hybridized carbons (Fsp3) is 0.194. The van der Waals surface area contributed by atoms with Crippen molar-refractivity contribution in [2.75, 3.05) is 16.8 Å². The number of halogens is 1. The highest BCUT2D eigenvalue weighted by Gasteiger charge is 2.56. The number of carbonyl (C=O) groups excluding carboxylic acids is 4. The number of hydrogen-bond acceptors (Lipinski definition) is 10. The summed E-state index contributed by atoms with van der Waals surface area (Å²) in [6.45, 7) is 1.50. The number of benzene rings is 3. The van der Waals surface area contributed by atoms with Gasteiger partial charge in [-0.2, -0.15) is 0 Å². The Bertz CT molecular complexity index is 2100. The first kappa shape index (κ1) is 32.8. The molecule has 0 radical (unpaired) electrons. The van der Waals surface area contributed by atoms with Crippen LogP contribution >= 0.6 is 39.0 Å². The molecule has 1 fully saturated rings. The van der Waals surface area contributed by atoms with Crippen molar-refractivity contribution in [1.82, 2.24) is 4.57 Å². The maximum Gasteiger partial charge on any atom is 0.338 e. The van der Waals surface area contributed by atoms with Crippen LogP contribution in [0.2, 0.25) is 0 Å². The van der Waals surface area contributed by atoms with E-state index in [-0.39, 0.29) is 17.1 Å². The van der Waals surface area contributed by atoms with Crippen LogP contribution in [0.15, 0.2) is 92.0 Å². The number of nitrogens with two attached hydrogens (primary N) is 1. The number of nitrogens with one attached hydrogen (secondary N) is 1. The van der Waals surface area contributed by atoms with Crippen molar-refractivity contribution in [1.29, 1.82) is 0 Å². The Balaban J connectivity index is 1.34. The van der Waals surface area contributed by atoms with E-state index in [1.54, 1.807) is 13.0 Å². The monoisotopic (exact) mass is 756 g/mol. The second-order valence-electron chi connectivity index (χ2n) is 10.6. The number of esters is 1. The lowest BCUT2D eigenvalue weighted by atomic mass is 9.83. The second kappa shape index (κ2) is 12.8. The quantitative estimate of drug-likeness (QED) is 0.199. The van der Waals surface area contributed by atoms with E-state index in [9.17, 15) is 32.4 Å². The molecule has 2 aliphatic heterocycles. The third-order valence-corrected chi connectivity index (χ3v) is 11.7. The molecule has 0 spiro atoms. The van der Waals surface area contributed by atoms with Gasteiger partial charge in [-0.25, -0.2) is 23.3 Å². The van der Waals surface area contributed by atoms with Crippen molar-refractivity contribution in [3.63, 3.8) is 0 Å². The van der Waals surface area contributed by atoms with Crippen LogP contribution in [0.5, 0.6) is 0 Å². The minimum atomic E-state index is -3.92. The van der Waals surface area contributed by atoms with E-state index >= 15 is 0 Å². The summed E-state index contributed by atoms with van der Waals surface area (Å²) in [7, 11) is -3.92. The van der Waals surface area contributed by atoms with Gasteiger partial charge in [0, 0.05) is 21.0 Å². The topological polar surface area (TPSA) is 175 Å². The van der Waals surface area contributed by atoms with Crippen molar-refractivity contribution in [2.45, 2.75) is 34.6 Å². The van der Waals surface area contributed by atoms with Crippen LogP contribution in [0.3, 0.4) is 0 Å². The molecule has 6 rings (SSSR count). The number of carbonyl (C=O) groups is 4. The van der Waals surface area contributed by atoms with Crippen LogP contribution < -0.4 is 20.2 Å². The number of amides is 3. The van der Waals surface area contributed by atoms with Crippen LogP contribution in [0, 0.1) is 5.92 Å². The minimum Gasteiger partial charge on any atom is -0.462 e. The first-order valence-corrected chi connectivity index (χ1v) is 18.1. The average molecular weight is 758 g/mol. The van der Waals surface area contributed by atoms with Gasteiger partial charge in [-0.3, -0.25) is 23.7 Å². The zero-order valence-electron chi connectivity index (χ0n) is 24.4. The van der Waals surface area contributed by atoms with Gasteiger partial charge in [0.1, 0.15) is 11.8 Å². The summed E-state index contributed by atoms with van der Waals surface area (Å²) in [5.41, 5.74) is 1.58. The predicted octanol–water partition coefficient (Wildman–Crippen LogP) is 3.93. The maximum absolute atomic E-state index is 14.1. The van der Waals surface area contributed by atoms with Crippen molar-refractivity contribution in [3.8, 4) is 0 Å². The fourth-order valence-electron chi connectivity index (χ4n) is 5.60. The zero-order chi connectivity index (χ0) is 33.6. The van der Waals surface area contributed by atoms with E-state index < -0.39 is 62.2 Å². The molecule has 16 heteroatoms. The van der Waals surface area contributed by atoms with Crippen LogP contribution in [0.1, 0.15) is 33.6 Å². The molecule has 3 atom stereocenters. The minimum absolute atomic E-state index is 0.122. The number of rotatable bonds is 8. The number of thiazole rings is 1. The Kier molecular flexibility index (Phi) is 8.97. The largest absolute Gasteiger partial charge is 0.462 e. The highest BCUT2D eigenvalue weighted by Crippen LogP contribution is 2.54. The number of primary sulfonamides is 1. The molecule has 3 N–H and O–H groups in total. The van der Waals surface area contributed by atoms with Crippen LogP contribution in [-0.4, -0.2) is 48.5 Å². The number of thioether (sulfide) groups is 1. The van der Waals surface area contributed by atoms with Gasteiger partial charge < -0.3 is 10.1 Å². The Morgan fingerprint density at radius 3 is 2.34 bits per heavy atom. The standard InChI is InChI=1S/C31H25BrN4O8S3/c1-2-44-30(40)16-6-10-20(11-7-16)36-27(38)24-23(17-4-3-5-18(32)14-17)26-29(45-25(24)28(36)39)35(31(41)46-26)15-22(37)34-19-8-12-21(13-9-19)47(33,42)43/h3-14,23-25H,2,15H2,1H3,(H,34,37)(H2,33,42,43)/t23-,24-,25+/m0/s1. The van der Waals surface area contributed by atoms with Crippen LogP contribution in [0.25, 0.3) is 0 Å². The van der Waals surface area contributed by atoms with Gasteiger partial charge in [0.2, 0.25) is 27.7 Å². The molecule has 0 unspecified atom stereocenters. The molecule has 4 aromatic rings. The van der Waals surface area contributed by atoms with Crippen molar-refractivity contribution < 1.29 is 32.3 Å². The smallest absolute Gasteiger partial charge is 0.338 e. The molecule has 12 nitrogen and oxygen atoms in total. The summed E-state index contributed by atoms with van der Waals surface area (Å²) in [6, 6.07) is 18.6. The average Bonchev–Trinajstić information content (AvgIpc) is 3.47. The van der Waals surface area contributed by atoms with Gasteiger partial charge in [-0.05, 0) is 73.2 Å². The molecule has 0 saturated carbocycles. The second-order valence-corrected chi connectivity index (χ2v) is 15.2. The Hall–Kier alpha value is -4.09. The lowest BCUT2D eigenvalue weighted by Crippen LogP contribution is -2.33. The molecule has 3 aromatic carbocycles. The van der Waals surface area contributed by atoms with Crippen molar-refractivity contribution >= 4 is 84.1 Å². The fourth-order valence-corrected chi connectivity index (χ4v) is 9.31. The molecule has 2 aliphatic rings. The summed E-state index contributed by atoms with van der Waals surface area (Å²) in [4.78, 5) is 67.8. The number of aromatic nitrogens is 1. The van der Waals surface area contributed by atoms with E-state index in [1.807, 2.05) is 18.2 Å². The first-order valence-electron chi connectivity index (χ1n) is 14.1. The molecule has 0 bridgehead atoms. The van der Waals surface area contributed by atoms with Crippen LogP contribution in [0.4, 0.5) is 11.4 Å². The van der Waals surface area contributed by atoms with Gasteiger partial charge in [-0.15, -0.1) is 0 Å². The molecular formula is C31H25BrN4O8S3. The molecule has 242 valence electrons. The molecule has 3 amide bonds. The molecule has 0 aliphatic carbocycles. The van der Waals surface area contributed by atoms with E-state index in [4.69, 9.17) is 9.88 Å². The maximum atomic E-state index is 14.1. The third-order valence-electron chi connectivity index (χ3n) is 7.66. The number of nitrogens with zero attached hydrogens (tertiary/aromatic N) is 2. The lowest BCUT2D eigenvalue weighted by molar-refractivity contribution is -0.122. The number of anilines is 2. The molecule has 1 aromatic heterocycles.